The van der Waals surface area contributed by atoms with E-state index in [1.54, 1.807) is 11.3 Å². The van der Waals surface area contributed by atoms with Crippen LogP contribution in [0.5, 0.6) is 11.5 Å². The topological polar surface area (TPSA) is 70.5 Å². The van der Waals surface area contributed by atoms with Crippen LogP contribution >= 0.6 is 11.3 Å². The minimum absolute atomic E-state index is 0.246. The summed E-state index contributed by atoms with van der Waals surface area (Å²) in [6.45, 7) is 0.246. The number of benzene rings is 1. The summed E-state index contributed by atoms with van der Waals surface area (Å²) in [5.41, 5.74) is 7.63. The second-order valence-electron chi connectivity index (χ2n) is 4.32. The first-order chi connectivity index (χ1) is 9.83. The second kappa shape index (κ2) is 4.28. The number of anilines is 1. The zero-order valence-corrected chi connectivity index (χ0v) is 11.1. The second-order valence-corrected chi connectivity index (χ2v) is 5.26. The molecule has 1 aliphatic heterocycles. The summed E-state index contributed by atoms with van der Waals surface area (Å²) < 4.78 is 16.1. The lowest BCUT2D eigenvalue weighted by Crippen LogP contribution is -1.92. The molecule has 0 unspecified atom stereocenters. The molecule has 0 saturated carbocycles. The normalized spacial score (nSPS) is 12.8. The standard InChI is InChI=1S/C14H10N2O3S/c15-14-12(13(19-16-14)11-2-1-5-20-11)8-3-4-9-10(6-8)18-7-17-9/h1-6H,7H2,(H2,15,16). The van der Waals surface area contributed by atoms with E-state index in [-0.39, 0.29) is 6.79 Å². The third-order valence-electron chi connectivity index (χ3n) is 3.12. The van der Waals surface area contributed by atoms with Gasteiger partial charge in [-0.05, 0) is 29.1 Å². The van der Waals surface area contributed by atoms with Crippen LogP contribution in [0.15, 0.2) is 40.2 Å². The van der Waals surface area contributed by atoms with E-state index in [4.69, 9.17) is 19.7 Å². The van der Waals surface area contributed by atoms with Gasteiger partial charge in [0.25, 0.3) is 0 Å². The first-order valence-corrected chi connectivity index (χ1v) is 6.90. The molecule has 4 rings (SSSR count). The molecule has 0 amide bonds. The molecule has 0 radical (unpaired) electrons. The highest BCUT2D eigenvalue weighted by Crippen LogP contribution is 2.42. The Labute approximate surface area is 118 Å². The quantitative estimate of drug-likeness (QED) is 0.782. The predicted molar refractivity (Wildman–Crippen MR) is 75.8 cm³/mol. The van der Waals surface area contributed by atoms with Crippen LogP contribution in [-0.4, -0.2) is 11.9 Å². The van der Waals surface area contributed by atoms with Crippen LogP contribution in [0.4, 0.5) is 5.82 Å². The van der Waals surface area contributed by atoms with Gasteiger partial charge in [-0.1, -0.05) is 17.3 Å². The fraction of sp³-hybridized carbons (Fsp3) is 0.0714. The van der Waals surface area contributed by atoms with Crippen LogP contribution in [0.2, 0.25) is 0 Å². The van der Waals surface area contributed by atoms with Gasteiger partial charge in [-0.25, -0.2) is 0 Å². The summed E-state index contributed by atoms with van der Waals surface area (Å²) in [5, 5.41) is 5.86. The highest BCUT2D eigenvalue weighted by molar-refractivity contribution is 7.13. The lowest BCUT2D eigenvalue weighted by Gasteiger charge is -2.03. The number of aromatic nitrogens is 1. The number of fused-ring (bicyclic) bond motifs is 1. The van der Waals surface area contributed by atoms with Gasteiger partial charge in [0.1, 0.15) is 0 Å². The van der Waals surface area contributed by atoms with Crippen molar-refractivity contribution < 1.29 is 14.0 Å². The van der Waals surface area contributed by atoms with Crippen LogP contribution in [-0.2, 0) is 0 Å². The van der Waals surface area contributed by atoms with Crippen molar-refractivity contribution in [1.29, 1.82) is 0 Å². The molecule has 0 aliphatic carbocycles. The molecule has 6 heteroatoms. The van der Waals surface area contributed by atoms with Crippen molar-refractivity contribution in [3.05, 3.63) is 35.7 Å². The van der Waals surface area contributed by atoms with Crippen LogP contribution < -0.4 is 15.2 Å². The van der Waals surface area contributed by atoms with Crippen LogP contribution in [0.1, 0.15) is 0 Å². The van der Waals surface area contributed by atoms with E-state index in [1.165, 1.54) is 0 Å². The number of hydrogen-bond donors (Lipinski definition) is 1. The van der Waals surface area contributed by atoms with Crippen molar-refractivity contribution in [2.24, 2.45) is 0 Å². The molecule has 0 atom stereocenters. The van der Waals surface area contributed by atoms with Crippen molar-refractivity contribution >= 4 is 17.2 Å². The lowest BCUT2D eigenvalue weighted by atomic mass is 10.0. The lowest BCUT2D eigenvalue weighted by molar-refractivity contribution is 0.174. The molecule has 0 saturated heterocycles. The Hall–Kier alpha value is -2.47. The fourth-order valence-electron chi connectivity index (χ4n) is 2.21. The van der Waals surface area contributed by atoms with Crippen LogP contribution in [0.3, 0.4) is 0 Å². The van der Waals surface area contributed by atoms with Gasteiger partial charge in [-0.3, -0.25) is 0 Å². The van der Waals surface area contributed by atoms with E-state index in [0.717, 1.165) is 21.8 Å². The molecular weight excluding hydrogens is 276 g/mol. The zero-order valence-electron chi connectivity index (χ0n) is 10.3. The van der Waals surface area contributed by atoms with Crippen LogP contribution in [0.25, 0.3) is 21.8 Å². The smallest absolute Gasteiger partial charge is 0.231 e. The van der Waals surface area contributed by atoms with Gasteiger partial charge in [-0.15, -0.1) is 11.3 Å². The first-order valence-electron chi connectivity index (χ1n) is 6.02. The molecule has 2 N–H and O–H groups in total. The number of nitrogens with two attached hydrogens (primary N) is 1. The maximum absolute atomic E-state index is 5.95. The van der Waals surface area contributed by atoms with E-state index in [0.29, 0.717) is 17.3 Å². The van der Waals surface area contributed by atoms with E-state index < -0.39 is 0 Å². The molecule has 0 spiro atoms. The third kappa shape index (κ3) is 1.65. The highest BCUT2D eigenvalue weighted by atomic mass is 32.1. The molecular formula is C14H10N2O3S. The first kappa shape index (κ1) is 11.4. The summed E-state index contributed by atoms with van der Waals surface area (Å²) in [6, 6.07) is 9.61. The maximum atomic E-state index is 5.95. The predicted octanol–water partition coefficient (Wildman–Crippen LogP) is 3.38. The molecule has 3 heterocycles. The average Bonchev–Trinajstić information content (AvgIpc) is 3.17. The van der Waals surface area contributed by atoms with Gasteiger partial charge in [0.15, 0.2) is 23.1 Å². The molecule has 0 fully saturated rings. The van der Waals surface area contributed by atoms with Gasteiger partial charge in [0, 0.05) is 0 Å². The SMILES string of the molecule is Nc1noc(-c2cccs2)c1-c1ccc2c(c1)OCO2. The number of ether oxygens (including phenoxy) is 2. The molecule has 0 bridgehead atoms. The summed E-state index contributed by atoms with van der Waals surface area (Å²) in [4.78, 5) is 0.988. The molecule has 3 aromatic rings. The van der Waals surface area contributed by atoms with Crippen LogP contribution in [0, 0.1) is 0 Å². The number of thiophene rings is 1. The number of rotatable bonds is 2. The summed E-state index contributed by atoms with van der Waals surface area (Å²) in [7, 11) is 0. The Kier molecular flexibility index (Phi) is 2.43. The highest BCUT2D eigenvalue weighted by Gasteiger charge is 2.21. The van der Waals surface area contributed by atoms with E-state index in [1.807, 2.05) is 35.7 Å². The van der Waals surface area contributed by atoms with E-state index in [9.17, 15) is 0 Å². The van der Waals surface area contributed by atoms with Gasteiger partial charge in [-0.2, -0.15) is 0 Å². The molecule has 1 aliphatic rings. The minimum atomic E-state index is 0.246. The Morgan fingerprint density at radius 3 is 2.90 bits per heavy atom. The maximum Gasteiger partial charge on any atom is 0.231 e. The molecule has 100 valence electrons. The van der Waals surface area contributed by atoms with Gasteiger partial charge in [0.05, 0.1) is 10.4 Å². The molecule has 2 aromatic heterocycles. The molecule has 1 aromatic carbocycles. The third-order valence-corrected chi connectivity index (χ3v) is 3.99. The van der Waals surface area contributed by atoms with E-state index in [2.05, 4.69) is 5.16 Å². The van der Waals surface area contributed by atoms with Crippen molar-refractivity contribution in [2.75, 3.05) is 12.5 Å². The van der Waals surface area contributed by atoms with E-state index >= 15 is 0 Å². The Morgan fingerprint density at radius 2 is 2.05 bits per heavy atom. The fourth-order valence-corrected chi connectivity index (χ4v) is 2.92. The number of nitrogen functional groups attached to an aromatic ring is 1. The van der Waals surface area contributed by atoms with Gasteiger partial charge in [0.2, 0.25) is 6.79 Å². The van der Waals surface area contributed by atoms with Crippen molar-refractivity contribution in [3.8, 4) is 33.3 Å². The van der Waals surface area contributed by atoms with Crippen molar-refractivity contribution in [2.45, 2.75) is 0 Å². The van der Waals surface area contributed by atoms with Gasteiger partial charge >= 0.3 is 0 Å². The van der Waals surface area contributed by atoms with Crippen molar-refractivity contribution in [1.82, 2.24) is 5.16 Å². The number of hydrogen-bond acceptors (Lipinski definition) is 6. The van der Waals surface area contributed by atoms with Crippen molar-refractivity contribution in [3.63, 3.8) is 0 Å². The number of nitrogens with zero attached hydrogens (tertiary/aromatic N) is 1. The minimum Gasteiger partial charge on any atom is -0.454 e. The molecule has 5 nitrogen and oxygen atoms in total. The largest absolute Gasteiger partial charge is 0.454 e. The molecule has 20 heavy (non-hydrogen) atoms. The van der Waals surface area contributed by atoms with Gasteiger partial charge < -0.3 is 19.7 Å². The summed E-state index contributed by atoms with van der Waals surface area (Å²) in [5.74, 6) is 2.49. The summed E-state index contributed by atoms with van der Waals surface area (Å²) >= 11 is 1.58. The Morgan fingerprint density at radius 1 is 1.15 bits per heavy atom. The average molecular weight is 286 g/mol. The zero-order chi connectivity index (χ0) is 13.5. The Bertz CT molecular complexity index is 765. The Balaban J connectivity index is 1.88. The summed E-state index contributed by atoms with van der Waals surface area (Å²) in [6.07, 6.45) is 0. The monoisotopic (exact) mass is 286 g/mol.